The summed E-state index contributed by atoms with van der Waals surface area (Å²) in [7, 11) is 0.121. The van der Waals surface area contributed by atoms with Crippen LogP contribution in [0.5, 0.6) is 0 Å². The van der Waals surface area contributed by atoms with Gasteiger partial charge >= 0.3 is 0 Å². The molecule has 0 aromatic rings. The second kappa shape index (κ2) is 4.77. The summed E-state index contributed by atoms with van der Waals surface area (Å²) in [6.07, 6.45) is 6.15. The standard InChI is InChI=1S/C7H12N2S2/c8-5-10-7-3-1-2-4-11(7)6-9/h1-4H,5-6,8-9H2. The molecule has 2 nitrogen and oxygen atoms in total. The number of nitrogens with two attached hydrogens (primary N) is 2. The van der Waals surface area contributed by atoms with Gasteiger partial charge in [0.05, 0.1) is 0 Å². The lowest BCUT2D eigenvalue weighted by atomic mass is 10.5. The van der Waals surface area contributed by atoms with Crippen LogP contribution in [0.3, 0.4) is 0 Å². The van der Waals surface area contributed by atoms with Crippen LogP contribution >= 0.6 is 22.2 Å². The fourth-order valence-electron chi connectivity index (χ4n) is 0.772. The van der Waals surface area contributed by atoms with Gasteiger partial charge in [0.1, 0.15) is 0 Å². The Bertz CT molecular complexity index is 218. The van der Waals surface area contributed by atoms with Crippen molar-refractivity contribution in [2.45, 2.75) is 0 Å². The summed E-state index contributed by atoms with van der Waals surface area (Å²) in [6.45, 7) is 0. The summed E-state index contributed by atoms with van der Waals surface area (Å²) in [6, 6.07) is 0. The fraction of sp³-hybridized carbons (Fsp3) is 0.286. The maximum atomic E-state index is 5.58. The number of rotatable bonds is 2. The number of allylic oxidation sites excluding steroid dienone is 2. The molecular formula is C7H12N2S2. The van der Waals surface area contributed by atoms with E-state index in [1.54, 1.807) is 11.8 Å². The van der Waals surface area contributed by atoms with Gasteiger partial charge in [-0.15, -0.1) is 22.2 Å². The maximum Gasteiger partial charge on any atom is 0.0445 e. The predicted molar refractivity (Wildman–Crippen MR) is 56.6 cm³/mol. The van der Waals surface area contributed by atoms with Gasteiger partial charge < -0.3 is 11.5 Å². The first kappa shape index (κ1) is 9.06. The van der Waals surface area contributed by atoms with E-state index in [0.29, 0.717) is 11.8 Å². The van der Waals surface area contributed by atoms with E-state index < -0.39 is 0 Å². The second-order valence-corrected chi connectivity index (χ2v) is 5.14. The lowest BCUT2D eigenvalue weighted by Gasteiger charge is -2.09. The van der Waals surface area contributed by atoms with Crippen molar-refractivity contribution >= 4 is 26.4 Å². The van der Waals surface area contributed by atoms with Crippen LogP contribution in [-0.2, 0) is 0 Å². The molecule has 0 amide bonds. The van der Waals surface area contributed by atoms with E-state index in [1.165, 1.54) is 4.20 Å². The Morgan fingerprint density at radius 1 is 1.36 bits per heavy atom. The molecule has 1 unspecified atom stereocenters. The Morgan fingerprint density at radius 3 is 2.82 bits per heavy atom. The highest BCUT2D eigenvalue weighted by atomic mass is 32.2. The Balaban J connectivity index is 2.76. The Labute approximate surface area is 73.6 Å². The molecule has 0 aromatic heterocycles. The van der Waals surface area contributed by atoms with Gasteiger partial charge in [-0.05, 0) is 11.5 Å². The number of hydrogen-bond donors (Lipinski definition) is 2. The first-order chi connectivity index (χ1) is 5.38. The van der Waals surface area contributed by atoms with Crippen molar-refractivity contribution in [1.29, 1.82) is 0 Å². The molecule has 4 N–H and O–H groups in total. The molecule has 1 rings (SSSR count). The van der Waals surface area contributed by atoms with Gasteiger partial charge in [-0.1, -0.05) is 12.2 Å². The van der Waals surface area contributed by atoms with Gasteiger partial charge in [-0.2, -0.15) is 0 Å². The van der Waals surface area contributed by atoms with E-state index in [2.05, 4.69) is 11.5 Å². The molecule has 62 valence electrons. The largest absolute Gasteiger partial charge is 0.322 e. The second-order valence-electron chi connectivity index (χ2n) is 1.91. The SMILES string of the molecule is NCSC1=S(CN)C=CC=C1. The monoisotopic (exact) mass is 188 g/mol. The van der Waals surface area contributed by atoms with Gasteiger partial charge in [0, 0.05) is 16.0 Å². The molecule has 11 heavy (non-hydrogen) atoms. The summed E-state index contributed by atoms with van der Waals surface area (Å²) in [5, 5.41) is 2.14. The summed E-state index contributed by atoms with van der Waals surface area (Å²) >= 11 is 1.67. The van der Waals surface area contributed by atoms with E-state index >= 15 is 0 Å². The zero-order chi connectivity index (χ0) is 8.10. The van der Waals surface area contributed by atoms with Gasteiger partial charge in [-0.25, -0.2) is 0 Å². The molecule has 1 aliphatic rings. The minimum absolute atomic E-state index is 0.121. The zero-order valence-electron chi connectivity index (χ0n) is 6.19. The van der Waals surface area contributed by atoms with Gasteiger partial charge in [-0.3, -0.25) is 0 Å². The molecule has 0 saturated carbocycles. The summed E-state index contributed by atoms with van der Waals surface area (Å²) < 4.78 is 1.30. The first-order valence-corrected chi connectivity index (χ1v) is 5.77. The van der Waals surface area contributed by atoms with Crippen molar-refractivity contribution < 1.29 is 0 Å². The van der Waals surface area contributed by atoms with Crippen LogP contribution in [0.1, 0.15) is 0 Å². The molecule has 0 fully saturated rings. The van der Waals surface area contributed by atoms with Crippen molar-refractivity contribution in [3.63, 3.8) is 0 Å². The highest BCUT2D eigenvalue weighted by Gasteiger charge is 2.00. The van der Waals surface area contributed by atoms with E-state index in [1.807, 2.05) is 12.2 Å². The van der Waals surface area contributed by atoms with Crippen molar-refractivity contribution in [3.8, 4) is 0 Å². The van der Waals surface area contributed by atoms with Crippen LogP contribution in [0, 0.1) is 0 Å². The summed E-state index contributed by atoms with van der Waals surface area (Å²) in [4.78, 5) is 0. The van der Waals surface area contributed by atoms with Crippen LogP contribution < -0.4 is 11.5 Å². The summed E-state index contributed by atoms with van der Waals surface area (Å²) in [5.41, 5.74) is 11.0. The van der Waals surface area contributed by atoms with Gasteiger partial charge in [0.2, 0.25) is 0 Å². The Hall–Kier alpha value is -0.0300. The van der Waals surface area contributed by atoms with E-state index in [9.17, 15) is 0 Å². The van der Waals surface area contributed by atoms with E-state index in [0.717, 1.165) is 0 Å². The van der Waals surface area contributed by atoms with Crippen molar-refractivity contribution in [2.24, 2.45) is 11.5 Å². The molecule has 0 aromatic carbocycles. The quantitative estimate of drug-likeness (QED) is 0.503. The molecule has 0 saturated heterocycles. The Morgan fingerprint density at radius 2 is 2.18 bits per heavy atom. The molecule has 1 heterocycles. The zero-order valence-corrected chi connectivity index (χ0v) is 7.83. The average molecular weight is 188 g/mol. The lowest BCUT2D eigenvalue weighted by molar-refractivity contribution is 1.40. The molecule has 4 heteroatoms. The van der Waals surface area contributed by atoms with Crippen molar-refractivity contribution in [2.75, 3.05) is 11.8 Å². The highest BCUT2D eigenvalue weighted by molar-refractivity contribution is 8.35. The lowest BCUT2D eigenvalue weighted by Crippen LogP contribution is -2.03. The van der Waals surface area contributed by atoms with E-state index in [-0.39, 0.29) is 10.5 Å². The highest BCUT2D eigenvalue weighted by Crippen LogP contribution is 2.24. The summed E-state index contributed by atoms with van der Waals surface area (Å²) in [5.74, 6) is 1.33. The number of hydrogen-bond acceptors (Lipinski definition) is 3. The minimum Gasteiger partial charge on any atom is -0.322 e. The van der Waals surface area contributed by atoms with Crippen LogP contribution in [0.25, 0.3) is 0 Å². The fourth-order valence-corrected chi connectivity index (χ4v) is 3.24. The van der Waals surface area contributed by atoms with Gasteiger partial charge in [0.15, 0.2) is 0 Å². The normalized spacial score (nSPS) is 22.7. The first-order valence-electron chi connectivity index (χ1n) is 3.33. The van der Waals surface area contributed by atoms with Crippen LogP contribution in [0.2, 0.25) is 0 Å². The van der Waals surface area contributed by atoms with Crippen LogP contribution in [0.4, 0.5) is 0 Å². The third-order valence-electron chi connectivity index (χ3n) is 1.25. The van der Waals surface area contributed by atoms with Crippen LogP contribution in [-0.4, -0.2) is 16.0 Å². The Kier molecular flexibility index (Phi) is 3.93. The third kappa shape index (κ3) is 2.48. The molecular weight excluding hydrogens is 176 g/mol. The topological polar surface area (TPSA) is 52.0 Å². The smallest absolute Gasteiger partial charge is 0.0445 e. The molecule has 0 bridgehead atoms. The molecule has 0 radical (unpaired) electrons. The third-order valence-corrected chi connectivity index (χ3v) is 4.33. The van der Waals surface area contributed by atoms with Gasteiger partial charge in [0.25, 0.3) is 0 Å². The van der Waals surface area contributed by atoms with Crippen molar-refractivity contribution in [1.82, 2.24) is 0 Å². The molecule has 1 aliphatic heterocycles. The number of thioether (sulfide) groups is 1. The minimum atomic E-state index is 0.121. The molecule has 1 atom stereocenters. The average Bonchev–Trinajstić information content (AvgIpc) is 2.06. The predicted octanol–water partition coefficient (Wildman–Crippen LogP) is 1.03. The molecule has 0 spiro atoms. The van der Waals surface area contributed by atoms with Crippen molar-refractivity contribution in [3.05, 3.63) is 23.6 Å². The van der Waals surface area contributed by atoms with E-state index in [4.69, 9.17) is 11.5 Å². The molecule has 0 aliphatic carbocycles. The maximum absolute atomic E-state index is 5.58. The van der Waals surface area contributed by atoms with Crippen LogP contribution in [0.15, 0.2) is 23.6 Å².